The van der Waals surface area contributed by atoms with Crippen molar-refractivity contribution in [1.82, 2.24) is 5.06 Å². The van der Waals surface area contributed by atoms with Crippen molar-refractivity contribution in [3.05, 3.63) is 0 Å². The predicted molar refractivity (Wildman–Crippen MR) is 66.7 cm³/mol. The molecule has 0 aromatic heterocycles. The van der Waals surface area contributed by atoms with Crippen molar-refractivity contribution in [2.75, 3.05) is 6.54 Å². The monoisotopic (exact) mass is 257 g/mol. The number of amides is 1. The van der Waals surface area contributed by atoms with Crippen LogP contribution >= 0.6 is 0 Å². The third kappa shape index (κ3) is 5.04. The molecule has 1 fully saturated rings. The summed E-state index contributed by atoms with van der Waals surface area (Å²) in [6, 6.07) is 0. The van der Waals surface area contributed by atoms with Gasteiger partial charge in [0, 0.05) is 0 Å². The Morgan fingerprint density at radius 3 is 2.28 bits per heavy atom. The molecule has 1 rings (SSSR count). The Labute approximate surface area is 108 Å². The Morgan fingerprint density at radius 1 is 1.33 bits per heavy atom. The summed E-state index contributed by atoms with van der Waals surface area (Å²) in [7, 11) is 0. The number of carbonyl (C=O) groups is 2. The summed E-state index contributed by atoms with van der Waals surface area (Å²) in [5.41, 5.74) is -0.390. The van der Waals surface area contributed by atoms with Crippen molar-refractivity contribution in [2.24, 2.45) is 11.8 Å². The summed E-state index contributed by atoms with van der Waals surface area (Å²) in [5.74, 6) is -0.575. The van der Waals surface area contributed by atoms with Gasteiger partial charge in [0.2, 0.25) is 6.41 Å². The van der Waals surface area contributed by atoms with Crippen molar-refractivity contribution >= 4 is 12.4 Å². The van der Waals surface area contributed by atoms with Gasteiger partial charge in [-0.2, -0.15) is 0 Å². The highest BCUT2D eigenvalue weighted by Crippen LogP contribution is 2.29. The molecular formula is C13H23NO4. The molecule has 1 saturated carbocycles. The van der Waals surface area contributed by atoms with E-state index in [2.05, 4.69) is 0 Å². The molecule has 18 heavy (non-hydrogen) atoms. The van der Waals surface area contributed by atoms with Crippen LogP contribution in [0.3, 0.4) is 0 Å². The van der Waals surface area contributed by atoms with Crippen LogP contribution < -0.4 is 0 Å². The molecule has 0 heterocycles. The number of aliphatic carboxylic acids is 1. The predicted octanol–water partition coefficient (Wildman–Crippen LogP) is 2.07. The number of carboxylic acids is 1. The molecule has 0 bridgehead atoms. The first-order valence-corrected chi connectivity index (χ1v) is 6.45. The molecule has 0 radical (unpaired) electrons. The molecule has 1 aliphatic rings. The summed E-state index contributed by atoms with van der Waals surface area (Å²) < 4.78 is 0. The second kappa shape index (κ2) is 6.18. The Hall–Kier alpha value is -1.10. The van der Waals surface area contributed by atoms with Gasteiger partial charge in [0.15, 0.2) is 0 Å². The van der Waals surface area contributed by atoms with E-state index in [1.165, 1.54) is 5.06 Å². The molecule has 0 aliphatic heterocycles. The van der Waals surface area contributed by atoms with Gasteiger partial charge in [-0.1, -0.05) is 0 Å². The number of hydroxylamine groups is 2. The summed E-state index contributed by atoms with van der Waals surface area (Å²) in [5, 5.41) is 10.3. The SMILES string of the molecule is CC(C)(C)ON(C=O)CC1CCC(C(=O)O)CC1. The fourth-order valence-corrected chi connectivity index (χ4v) is 2.30. The zero-order chi connectivity index (χ0) is 13.8. The fourth-order valence-electron chi connectivity index (χ4n) is 2.30. The molecule has 0 unspecified atom stereocenters. The van der Waals surface area contributed by atoms with E-state index in [-0.39, 0.29) is 11.5 Å². The topological polar surface area (TPSA) is 66.8 Å². The van der Waals surface area contributed by atoms with Gasteiger partial charge in [-0.05, 0) is 52.4 Å². The van der Waals surface area contributed by atoms with Gasteiger partial charge < -0.3 is 5.11 Å². The zero-order valence-corrected chi connectivity index (χ0v) is 11.4. The van der Waals surface area contributed by atoms with Gasteiger partial charge in [0.25, 0.3) is 0 Å². The van der Waals surface area contributed by atoms with E-state index < -0.39 is 5.97 Å². The second-order valence-electron chi connectivity index (χ2n) is 5.96. The number of hydrogen-bond acceptors (Lipinski definition) is 3. The van der Waals surface area contributed by atoms with Crippen LogP contribution in [-0.4, -0.2) is 34.7 Å². The standard InChI is InChI=1S/C13H23NO4/c1-13(2,3)18-14(9-15)8-10-4-6-11(7-5-10)12(16)17/h9-11H,4-8H2,1-3H3,(H,16,17). The highest BCUT2D eigenvalue weighted by molar-refractivity contribution is 5.69. The maximum atomic E-state index is 10.9. The minimum Gasteiger partial charge on any atom is -0.481 e. The zero-order valence-electron chi connectivity index (χ0n) is 11.4. The van der Waals surface area contributed by atoms with E-state index in [0.717, 1.165) is 12.8 Å². The molecule has 104 valence electrons. The molecule has 5 heteroatoms. The molecule has 0 aromatic rings. The number of hydrogen-bond donors (Lipinski definition) is 1. The molecule has 1 aliphatic carbocycles. The van der Waals surface area contributed by atoms with E-state index in [4.69, 9.17) is 9.94 Å². The van der Waals surface area contributed by atoms with Gasteiger partial charge in [-0.15, -0.1) is 0 Å². The lowest BCUT2D eigenvalue weighted by Gasteiger charge is -2.32. The van der Waals surface area contributed by atoms with Crippen molar-refractivity contribution in [3.8, 4) is 0 Å². The number of carbonyl (C=O) groups excluding carboxylic acids is 1. The third-order valence-corrected chi connectivity index (χ3v) is 3.14. The number of rotatable bonds is 5. The van der Waals surface area contributed by atoms with E-state index >= 15 is 0 Å². The highest BCUT2D eigenvalue weighted by atomic mass is 16.7. The number of nitrogens with zero attached hydrogens (tertiary/aromatic N) is 1. The minimum absolute atomic E-state index is 0.213. The molecule has 0 atom stereocenters. The molecule has 0 spiro atoms. The van der Waals surface area contributed by atoms with Crippen molar-refractivity contribution in [1.29, 1.82) is 0 Å². The van der Waals surface area contributed by atoms with Crippen LogP contribution in [-0.2, 0) is 14.4 Å². The van der Waals surface area contributed by atoms with Crippen LogP contribution in [0, 0.1) is 11.8 Å². The first-order valence-electron chi connectivity index (χ1n) is 6.45. The number of carboxylic acid groups (broad SMARTS) is 1. The van der Waals surface area contributed by atoms with Gasteiger partial charge in [0.1, 0.15) is 0 Å². The Morgan fingerprint density at radius 2 is 1.89 bits per heavy atom. The lowest BCUT2D eigenvalue weighted by Crippen LogP contribution is -2.37. The Bertz CT molecular complexity index is 290. The van der Waals surface area contributed by atoms with Crippen LogP contribution in [0.4, 0.5) is 0 Å². The largest absolute Gasteiger partial charge is 0.481 e. The molecule has 5 nitrogen and oxygen atoms in total. The Kier molecular flexibility index (Phi) is 5.14. The lowest BCUT2D eigenvalue weighted by atomic mass is 9.82. The summed E-state index contributed by atoms with van der Waals surface area (Å²) in [4.78, 5) is 27.3. The second-order valence-corrected chi connectivity index (χ2v) is 5.96. The first kappa shape index (κ1) is 15.0. The maximum Gasteiger partial charge on any atom is 0.306 e. The summed E-state index contributed by atoms with van der Waals surface area (Å²) >= 11 is 0. The molecule has 1 amide bonds. The Balaban J connectivity index is 2.39. The van der Waals surface area contributed by atoms with Gasteiger partial charge in [-0.3, -0.25) is 14.4 Å². The van der Waals surface area contributed by atoms with Gasteiger partial charge in [-0.25, -0.2) is 5.06 Å². The van der Waals surface area contributed by atoms with Crippen LogP contribution in [0.5, 0.6) is 0 Å². The van der Waals surface area contributed by atoms with E-state index in [9.17, 15) is 9.59 Å². The van der Waals surface area contributed by atoms with E-state index in [1.807, 2.05) is 20.8 Å². The maximum absolute atomic E-state index is 10.9. The first-order chi connectivity index (χ1) is 8.31. The summed E-state index contributed by atoms with van der Waals surface area (Å²) in [6.45, 7) is 6.23. The van der Waals surface area contributed by atoms with Gasteiger partial charge >= 0.3 is 5.97 Å². The van der Waals surface area contributed by atoms with Crippen LogP contribution in [0.15, 0.2) is 0 Å². The van der Waals surface area contributed by atoms with Crippen molar-refractivity contribution in [3.63, 3.8) is 0 Å². The van der Waals surface area contributed by atoms with Crippen LogP contribution in [0.2, 0.25) is 0 Å². The third-order valence-electron chi connectivity index (χ3n) is 3.14. The van der Waals surface area contributed by atoms with Crippen LogP contribution in [0.1, 0.15) is 46.5 Å². The van der Waals surface area contributed by atoms with Gasteiger partial charge in [0.05, 0.1) is 18.1 Å². The average molecular weight is 257 g/mol. The van der Waals surface area contributed by atoms with Crippen molar-refractivity contribution < 1.29 is 19.5 Å². The summed E-state index contributed by atoms with van der Waals surface area (Å²) in [6.07, 6.45) is 3.78. The average Bonchev–Trinajstić information content (AvgIpc) is 2.27. The van der Waals surface area contributed by atoms with Crippen LogP contribution in [0.25, 0.3) is 0 Å². The van der Waals surface area contributed by atoms with Crippen molar-refractivity contribution in [2.45, 2.75) is 52.1 Å². The lowest BCUT2D eigenvalue weighted by molar-refractivity contribution is -0.220. The quantitative estimate of drug-likeness (QED) is 0.604. The highest BCUT2D eigenvalue weighted by Gasteiger charge is 2.28. The molecular weight excluding hydrogens is 234 g/mol. The van der Waals surface area contributed by atoms with E-state index in [0.29, 0.717) is 31.7 Å². The smallest absolute Gasteiger partial charge is 0.306 e. The minimum atomic E-state index is -0.702. The molecule has 0 saturated heterocycles. The normalized spacial score (nSPS) is 24.6. The van der Waals surface area contributed by atoms with E-state index in [1.54, 1.807) is 0 Å². The molecule has 0 aromatic carbocycles. The molecule has 1 N–H and O–H groups in total. The fraction of sp³-hybridized carbons (Fsp3) is 0.846.